The van der Waals surface area contributed by atoms with E-state index in [1.807, 2.05) is 30.3 Å². The van der Waals surface area contributed by atoms with Crippen LogP contribution in [0.4, 0.5) is 0 Å². The Kier molecular flexibility index (Phi) is 8.40. The van der Waals surface area contributed by atoms with E-state index in [9.17, 15) is 14.5 Å². The molecule has 1 aromatic rings. The molecule has 3 atom stereocenters. The van der Waals surface area contributed by atoms with Crippen LogP contribution in [0.5, 0.6) is 0 Å². The average molecular weight is 340 g/mol. The van der Waals surface area contributed by atoms with E-state index < -0.39 is 32.1 Å². The summed E-state index contributed by atoms with van der Waals surface area (Å²) >= 11 is 0. The highest BCUT2D eigenvalue weighted by atomic mass is 31.1. The van der Waals surface area contributed by atoms with Crippen molar-refractivity contribution in [2.24, 2.45) is 4.74 Å². The minimum Gasteiger partial charge on any atom is -0.595 e. The number of carbonyl (C=O) groups excluding carboxylic acids is 2. The first-order valence-corrected chi connectivity index (χ1v) is 8.46. The highest BCUT2D eigenvalue weighted by Gasteiger charge is 2.21. The first kappa shape index (κ1) is 19.2. The summed E-state index contributed by atoms with van der Waals surface area (Å²) in [6.07, 6.45) is 0. The van der Waals surface area contributed by atoms with Gasteiger partial charge in [-0.05, 0) is 26.3 Å². The molecule has 8 heteroatoms. The molecule has 0 aliphatic carbocycles. The predicted molar refractivity (Wildman–Crippen MR) is 84.3 cm³/mol. The lowest BCUT2D eigenvalue weighted by Crippen LogP contribution is -2.33. The molecule has 0 aliphatic heterocycles. The van der Waals surface area contributed by atoms with E-state index in [0.29, 0.717) is 0 Å². The van der Waals surface area contributed by atoms with Crippen molar-refractivity contribution in [2.45, 2.75) is 39.5 Å². The summed E-state index contributed by atoms with van der Waals surface area (Å²) in [7, 11) is -2.28. The monoisotopic (exact) mass is 340 g/mol. The third-order valence-corrected chi connectivity index (χ3v) is 3.95. The van der Waals surface area contributed by atoms with Gasteiger partial charge in [0.25, 0.3) is 8.09 Å². The van der Waals surface area contributed by atoms with Gasteiger partial charge in [0.2, 0.25) is 0 Å². The highest BCUT2D eigenvalue weighted by Crippen LogP contribution is 2.14. The van der Waals surface area contributed by atoms with Crippen LogP contribution in [0.3, 0.4) is 0 Å². The number of hydrogen-bond acceptors (Lipinski definition) is 6. The molecule has 7 nitrogen and oxygen atoms in total. The number of nitrogens with one attached hydrogen (secondary N) is 1. The smallest absolute Gasteiger partial charge is 0.334 e. The normalized spacial score (nSPS) is 14.0. The van der Waals surface area contributed by atoms with Gasteiger partial charge in [-0.1, -0.05) is 35.1 Å². The van der Waals surface area contributed by atoms with Crippen LogP contribution in [-0.2, 0) is 25.7 Å². The van der Waals surface area contributed by atoms with Crippen molar-refractivity contribution in [1.29, 1.82) is 0 Å². The van der Waals surface area contributed by atoms with Gasteiger partial charge in [-0.3, -0.25) is 4.79 Å². The van der Waals surface area contributed by atoms with Crippen LogP contribution in [0.15, 0.2) is 35.1 Å². The van der Waals surface area contributed by atoms with Crippen molar-refractivity contribution in [3.05, 3.63) is 35.9 Å². The standard InChI is InChI=1S/C15H21N2O5P/c1-4-21-14(18)11(2)16-23(20)17-12(3)15(19)22-10-13-8-6-5-7-9-13/h5-9,11-12H,4,10H2,1-3H3,(H,16,17). The van der Waals surface area contributed by atoms with Crippen molar-refractivity contribution < 1.29 is 24.0 Å². The number of benzene rings is 1. The van der Waals surface area contributed by atoms with Gasteiger partial charge in [-0.2, -0.15) is 0 Å². The maximum Gasteiger partial charge on any atom is 0.334 e. The van der Waals surface area contributed by atoms with E-state index in [1.54, 1.807) is 6.92 Å². The second kappa shape index (κ2) is 10.0. The van der Waals surface area contributed by atoms with Gasteiger partial charge in [0.05, 0.1) is 6.61 Å². The first-order chi connectivity index (χ1) is 10.9. The average Bonchev–Trinajstić information content (AvgIpc) is 2.53. The minimum absolute atomic E-state index is 0.138. The van der Waals surface area contributed by atoms with Crippen molar-refractivity contribution in [1.82, 2.24) is 5.09 Å². The summed E-state index contributed by atoms with van der Waals surface area (Å²) in [4.78, 5) is 35.0. The number of rotatable bonds is 8. The van der Waals surface area contributed by atoms with Gasteiger partial charge < -0.3 is 14.4 Å². The molecule has 0 radical (unpaired) electrons. The van der Waals surface area contributed by atoms with Crippen molar-refractivity contribution in [3.8, 4) is 0 Å². The number of esters is 2. The lowest BCUT2D eigenvalue weighted by Gasteiger charge is -2.10. The molecule has 0 amide bonds. The SMILES string of the molecule is CCOC(=O)C(C)N=[P+]([O-])NC(C)C(=O)OCc1ccccc1. The van der Waals surface area contributed by atoms with Gasteiger partial charge in [0, 0.05) is 0 Å². The minimum atomic E-state index is -2.28. The first-order valence-electron chi connectivity index (χ1n) is 7.25. The summed E-state index contributed by atoms with van der Waals surface area (Å²) in [5.41, 5.74) is 0.859. The fourth-order valence-electron chi connectivity index (χ4n) is 1.57. The fraction of sp³-hybridized carbons (Fsp3) is 0.467. The van der Waals surface area contributed by atoms with Gasteiger partial charge >= 0.3 is 11.9 Å². The fourth-order valence-corrected chi connectivity index (χ4v) is 2.49. The zero-order valence-electron chi connectivity index (χ0n) is 13.4. The van der Waals surface area contributed by atoms with Gasteiger partial charge in [0.15, 0.2) is 6.04 Å². The van der Waals surface area contributed by atoms with Crippen LogP contribution in [0.2, 0.25) is 0 Å². The Balaban J connectivity index is 2.45. The molecule has 0 aromatic heterocycles. The Bertz CT molecular complexity index is 550. The third-order valence-electron chi connectivity index (χ3n) is 2.79. The van der Waals surface area contributed by atoms with Gasteiger partial charge in [0.1, 0.15) is 12.6 Å². The molecular weight excluding hydrogens is 319 g/mol. The number of ether oxygens (including phenoxy) is 2. The molecule has 23 heavy (non-hydrogen) atoms. The third kappa shape index (κ3) is 7.32. The Hall–Kier alpha value is -1.82. The van der Waals surface area contributed by atoms with E-state index in [4.69, 9.17) is 9.47 Å². The molecule has 1 rings (SSSR count). The summed E-state index contributed by atoms with van der Waals surface area (Å²) in [5, 5.41) is 2.50. The molecule has 0 bridgehead atoms. The highest BCUT2D eigenvalue weighted by molar-refractivity contribution is 7.37. The van der Waals surface area contributed by atoms with Gasteiger partial charge in [-0.25, -0.2) is 4.79 Å². The molecule has 1 aromatic carbocycles. The quantitative estimate of drug-likeness (QED) is 0.569. The zero-order chi connectivity index (χ0) is 17.2. The molecule has 0 spiro atoms. The number of nitrogens with zero attached hydrogens (tertiary/aromatic N) is 1. The van der Waals surface area contributed by atoms with Crippen molar-refractivity contribution in [3.63, 3.8) is 0 Å². The van der Waals surface area contributed by atoms with E-state index in [2.05, 4.69) is 9.83 Å². The van der Waals surface area contributed by atoms with Crippen molar-refractivity contribution >= 4 is 20.0 Å². The lowest BCUT2D eigenvalue weighted by molar-refractivity contribution is -0.162. The largest absolute Gasteiger partial charge is 0.595 e. The molecule has 0 saturated heterocycles. The Morgan fingerprint density at radius 1 is 1.22 bits per heavy atom. The van der Waals surface area contributed by atoms with Crippen LogP contribution in [0.25, 0.3) is 0 Å². The zero-order valence-corrected chi connectivity index (χ0v) is 14.3. The molecule has 3 unspecified atom stereocenters. The Labute approximate surface area is 136 Å². The van der Waals surface area contributed by atoms with Gasteiger partial charge in [-0.15, -0.1) is 5.09 Å². The summed E-state index contributed by atoms with van der Waals surface area (Å²) in [6, 6.07) is 7.56. The number of carbonyl (C=O) groups is 2. The molecule has 126 valence electrons. The second-order valence-electron chi connectivity index (χ2n) is 4.76. The van der Waals surface area contributed by atoms with Crippen molar-refractivity contribution in [2.75, 3.05) is 6.61 Å². The lowest BCUT2D eigenvalue weighted by atomic mass is 10.2. The topological polar surface area (TPSA) is 100 Å². The van der Waals surface area contributed by atoms with E-state index in [-0.39, 0.29) is 13.2 Å². The predicted octanol–water partition coefficient (Wildman–Crippen LogP) is 1.52. The van der Waals surface area contributed by atoms with E-state index >= 15 is 0 Å². The maximum atomic E-state index is 11.8. The van der Waals surface area contributed by atoms with Crippen LogP contribution in [0.1, 0.15) is 26.3 Å². The molecule has 0 fully saturated rings. The second-order valence-corrected chi connectivity index (χ2v) is 5.80. The van der Waals surface area contributed by atoms with Crippen LogP contribution < -0.4 is 9.98 Å². The van der Waals surface area contributed by atoms with E-state index in [1.165, 1.54) is 13.8 Å². The molecule has 1 N–H and O–H groups in total. The number of hydrogen-bond donors (Lipinski definition) is 1. The summed E-state index contributed by atoms with van der Waals surface area (Å²) < 4.78 is 13.6. The molecular formula is C15H21N2O5P. The molecule has 0 heterocycles. The summed E-state index contributed by atoms with van der Waals surface area (Å²) in [5.74, 6) is -1.10. The Morgan fingerprint density at radius 3 is 2.48 bits per heavy atom. The molecule has 0 aliphatic rings. The van der Waals surface area contributed by atoms with Crippen LogP contribution >= 0.6 is 8.09 Å². The van der Waals surface area contributed by atoms with Crippen LogP contribution in [-0.4, -0.2) is 30.6 Å². The van der Waals surface area contributed by atoms with Crippen LogP contribution in [0, 0.1) is 0 Å². The molecule has 0 saturated carbocycles. The van der Waals surface area contributed by atoms with E-state index in [0.717, 1.165) is 5.56 Å². The summed E-state index contributed by atoms with van der Waals surface area (Å²) in [6.45, 7) is 5.04. The maximum absolute atomic E-state index is 11.8. The Morgan fingerprint density at radius 2 is 1.87 bits per heavy atom.